The SMILES string of the molecule is Cc1cc(C)cc(C(NC2CCCCCC2)C(N)=O)c1. The number of nitrogens with two attached hydrogens (primary N) is 1. The number of hydrogen-bond donors (Lipinski definition) is 2. The van der Waals surface area contributed by atoms with Crippen LogP contribution >= 0.6 is 0 Å². The molecule has 0 radical (unpaired) electrons. The Kier molecular flexibility index (Phi) is 5.18. The lowest BCUT2D eigenvalue weighted by molar-refractivity contribution is -0.120. The van der Waals surface area contributed by atoms with Crippen LogP contribution in [-0.4, -0.2) is 11.9 Å². The highest BCUT2D eigenvalue weighted by molar-refractivity contribution is 5.81. The number of carbonyl (C=O) groups is 1. The van der Waals surface area contributed by atoms with Crippen LogP contribution in [0.4, 0.5) is 0 Å². The summed E-state index contributed by atoms with van der Waals surface area (Å²) in [5.41, 5.74) is 8.97. The first kappa shape index (κ1) is 15.0. The first-order valence-electron chi connectivity index (χ1n) is 7.70. The van der Waals surface area contributed by atoms with Crippen LogP contribution in [0.1, 0.15) is 61.3 Å². The first-order chi connectivity index (χ1) is 9.56. The van der Waals surface area contributed by atoms with Crippen molar-refractivity contribution in [3.63, 3.8) is 0 Å². The highest BCUT2D eigenvalue weighted by Crippen LogP contribution is 2.22. The molecule has 0 bridgehead atoms. The number of nitrogens with one attached hydrogen (secondary N) is 1. The van der Waals surface area contributed by atoms with E-state index in [1.54, 1.807) is 0 Å². The van der Waals surface area contributed by atoms with Gasteiger partial charge in [0.15, 0.2) is 0 Å². The van der Waals surface area contributed by atoms with Crippen molar-refractivity contribution in [2.24, 2.45) is 5.73 Å². The number of amides is 1. The molecule has 1 aromatic carbocycles. The number of primary amides is 1. The summed E-state index contributed by atoms with van der Waals surface area (Å²) in [5.74, 6) is -0.278. The Morgan fingerprint density at radius 3 is 2.15 bits per heavy atom. The van der Waals surface area contributed by atoms with Gasteiger partial charge in [-0.1, -0.05) is 55.0 Å². The Bertz CT molecular complexity index is 442. The van der Waals surface area contributed by atoms with Crippen LogP contribution in [0.5, 0.6) is 0 Å². The van der Waals surface area contributed by atoms with E-state index < -0.39 is 0 Å². The van der Waals surface area contributed by atoms with Crippen molar-refractivity contribution in [3.05, 3.63) is 34.9 Å². The van der Waals surface area contributed by atoms with Crippen molar-refractivity contribution in [2.75, 3.05) is 0 Å². The van der Waals surface area contributed by atoms with E-state index in [9.17, 15) is 4.79 Å². The van der Waals surface area contributed by atoms with E-state index in [2.05, 4.69) is 37.4 Å². The molecular formula is C17H26N2O. The van der Waals surface area contributed by atoms with Crippen LogP contribution in [0.3, 0.4) is 0 Å². The highest BCUT2D eigenvalue weighted by Gasteiger charge is 2.22. The topological polar surface area (TPSA) is 55.1 Å². The summed E-state index contributed by atoms with van der Waals surface area (Å²) in [6, 6.07) is 6.29. The van der Waals surface area contributed by atoms with E-state index in [0.29, 0.717) is 6.04 Å². The van der Waals surface area contributed by atoms with Crippen molar-refractivity contribution < 1.29 is 4.79 Å². The molecule has 3 nitrogen and oxygen atoms in total. The second-order valence-corrected chi connectivity index (χ2v) is 6.11. The normalized spacial score (nSPS) is 18.5. The van der Waals surface area contributed by atoms with Crippen molar-refractivity contribution in [1.82, 2.24) is 5.32 Å². The summed E-state index contributed by atoms with van der Waals surface area (Å²) >= 11 is 0. The number of aryl methyl sites for hydroxylation is 2. The third-order valence-electron chi connectivity index (χ3n) is 4.12. The minimum atomic E-state index is -0.364. The summed E-state index contributed by atoms with van der Waals surface area (Å²) in [4.78, 5) is 11.8. The molecule has 20 heavy (non-hydrogen) atoms. The molecule has 1 saturated carbocycles. The maximum atomic E-state index is 11.8. The third-order valence-corrected chi connectivity index (χ3v) is 4.12. The van der Waals surface area contributed by atoms with Crippen molar-refractivity contribution in [3.8, 4) is 0 Å². The van der Waals surface area contributed by atoms with Gasteiger partial charge in [-0.25, -0.2) is 0 Å². The molecule has 1 amide bonds. The van der Waals surface area contributed by atoms with Crippen LogP contribution in [-0.2, 0) is 4.79 Å². The second-order valence-electron chi connectivity index (χ2n) is 6.11. The molecule has 1 unspecified atom stereocenters. The molecule has 1 aromatic rings. The molecule has 3 N–H and O–H groups in total. The van der Waals surface area contributed by atoms with Gasteiger partial charge in [-0.15, -0.1) is 0 Å². The molecule has 1 atom stereocenters. The molecule has 1 aliphatic carbocycles. The zero-order chi connectivity index (χ0) is 14.5. The summed E-state index contributed by atoms with van der Waals surface area (Å²) in [7, 11) is 0. The number of hydrogen-bond acceptors (Lipinski definition) is 2. The minimum Gasteiger partial charge on any atom is -0.368 e. The van der Waals surface area contributed by atoms with Gasteiger partial charge in [0.25, 0.3) is 0 Å². The van der Waals surface area contributed by atoms with Gasteiger partial charge < -0.3 is 5.73 Å². The number of carbonyl (C=O) groups excluding carboxylic acids is 1. The van der Waals surface area contributed by atoms with Crippen molar-refractivity contribution in [2.45, 2.75) is 64.5 Å². The molecule has 1 fully saturated rings. The first-order valence-corrected chi connectivity index (χ1v) is 7.70. The lowest BCUT2D eigenvalue weighted by atomic mass is 9.99. The molecule has 0 aromatic heterocycles. The highest BCUT2D eigenvalue weighted by atomic mass is 16.1. The third kappa shape index (κ3) is 4.07. The Morgan fingerprint density at radius 2 is 1.65 bits per heavy atom. The zero-order valence-electron chi connectivity index (χ0n) is 12.6. The van der Waals surface area contributed by atoms with Gasteiger partial charge in [0.05, 0.1) is 0 Å². The summed E-state index contributed by atoms with van der Waals surface area (Å²) in [5, 5.41) is 3.49. The lowest BCUT2D eigenvalue weighted by Gasteiger charge is -2.23. The van der Waals surface area contributed by atoms with Crippen LogP contribution in [0, 0.1) is 13.8 Å². The molecule has 0 aliphatic heterocycles. The maximum absolute atomic E-state index is 11.8. The van der Waals surface area contributed by atoms with Gasteiger partial charge in [0.1, 0.15) is 6.04 Å². The molecule has 0 spiro atoms. The zero-order valence-corrected chi connectivity index (χ0v) is 12.6. The van der Waals surface area contributed by atoms with Gasteiger partial charge in [-0.05, 0) is 32.3 Å². The molecule has 0 heterocycles. The average molecular weight is 274 g/mol. The summed E-state index contributed by atoms with van der Waals surface area (Å²) in [6.45, 7) is 4.11. The van der Waals surface area contributed by atoms with Crippen molar-refractivity contribution in [1.29, 1.82) is 0 Å². The lowest BCUT2D eigenvalue weighted by Crippen LogP contribution is -2.40. The standard InChI is InChI=1S/C17H26N2O/c1-12-9-13(2)11-14(10-12)16(17(18)20)19-15-7-5-3-4-6-8-15/h9-11,15-16,19H,3-8H2,1-2H3,(H2,18,20). The summed E-state index contributed by atoms with van der Waals surface area (Å²) < 4.78 is 0. The van der Waals surface area contributed by atoms with Crippen LogP contribution in [0.2, 0.25) is 0 Å². The van der Waals surface area contributed by atoms with Gasteiger partial charge >= 0.3 is 0 Å². The van der Waals surface area contributed by atoms with Crippen LogP contribution in [0.25, 0.3) is 0 Å². The van der Waals surface area contributed by atoms with Gasteiger partial charge in [-0.2, -0.15) is 0 Å². The Labute approximate surface area is 121 Å². The van der Waals surface area contributed by atoms with E-state index in [1.807, 2.05) is 0 Å². The fourth-order valence-corrected chi connectivity index (χ4v) is 3.20. The smallest absolute Gasteiger partial charge is 0.239 e. The molecule has 110 valence electrons. The molecule has 2 rings (SSSR count). The van der Waals surface area contributed by atoms with Crippen molar-refractivity contribution >= 4 is 5.91 Å². The van der Waals surface area contributed by atoms with Gasteiger partial charge in [-0.3, -0.25) is 10.1 Å². The minimum absolute atomic E-state index is 0.278. The second kappa shape index (κ2) is 6.89. The van der Waals surface area contributed by atoms with E-state index in [4.69, 9.17) is 5.73 Å². The van der Waals surface area contributed by atoms with E-state index in [-0.39, 0.29) is 11.9 Å². The fraction of sp³-hybridized carbons (Fsp3) is 0.588. The Balaban J connectivity index is 2.15. The number of benzene rings is 1. The predicted molar refractivity (Wildman–Crippen MR) is 82.5 cm³/mol. The van der Waals surface area contributed by atoms with Gasteiger partial charge in [0.2, 0.25) is 5.91 Å². The average Bonchev–Trinajstić information content (AvgIpc) is 2.62. The monoisotopic (exact) mass is 274 g/mol. The Morgan fingerprint density at radius 1 is 1.10 bits per heavy atom. The quantitative estimate of drug-likeness (QED) is 0.829. The molecular weight excluding hydrogens is 248 g/mol. The van der Waals surface area contributed by atoms with E-state index >= 15 is 0 Å². The number of rotatable bonds is 4. The van der Waals surface area contributed by atoms with Crippen LogP contribution in [0.15, 0.2) is 18.2 Å². The Hall–Kier alpha value is -1.35. The van der Waals surface area contributed by atoms with E-state index in [1.165, 1.54) is 36.8 Å². The van der Waals surface area contributed by atoms with Crippen LogP contribution < -0.4 is 11.1 Å². The predicted octanol–water partition coefficient (Wildman–Crippen LogP) is 3.14. The fourth-order valence-electron chi connectivity index (χ4n) is 3.20. The molecule has 1 aliphatic rings. The van der Waals surface area contributed by atoms with E-state index in [0.717, 1.165) is 18.4 Å². The van der Waals surface area contributed by atoms with Gasteiger partial charge in [0, 0.05) is 6.04 Å². The summed E-state index contributed by atoms with van der Waals surface area (Å²) in [6.07, 6.45) is 7.40. The molecule has 0 saturated heterocycles. The molecule has 3 heteroatoms. The maximum Gasteiger partial charge on any atom is 0.239 e. The largest absolute Gasteiger partial charge is 0.368 e.